The van der Waals surface area contributed by atoms with Crippen LogP contribution in [0.1, 0.15) is 31.4 Å². The maximum absolute atomic E-state index is 10.8. The summed E-state index contributed by atoms with van der Waals surface area (Å²) in [4.78, 5) is 24.9. The predicted molar refractivity (Wildman–Crippen MR) is 87.9 cm³/mol. The SMILES string of the molecule is C[NH+]1[C@@H]2CC[C@H]1CC(O)(c1ccc(Cl)cn1)C2.O=C([O-])/C=C\C(=O)O. The fraction of sp³-hybridized carbons (Fsp3) is 0.471. The molecule has 7 nitrogen and oxygen atoms in total. The van der Waals surface area contributed by atoms with E-state index in [1.54, 1.807) is 11.1 Å². The minimum absolute atomic E-state index is 0.447. The number of rotatable bonds is 3. The summed E-state index contributed by atoms with van der Waals surface area (Å²) in [5, 5.41) is 28.7. The molecule has 0 saturated carbocycles. The number of hydrogen-bond donors (Lipinski definition) is 3. The van der Waals surface area contributed by atoms with Crippen LogP contribution in [-0.4, -0.2) is 46.3 Å². The number of nitrogens with zero attached hydrogens (tertiary/aromatic N) is 1. The summed E-state index contributed by atoms with van der Waals surface area (Å²) in [6.07, 6.45) is 6.67. The quantitative estimate of drug-likeness (QED) is 0.598. The van der Waals surface area contributed by atoms with Crippen LogP contribution in [0.5, 0.6) is 0 Å². The summed E-state index contributed by atoms with van der Waals surface area (Å²) in [7, 11) is 2.25. The molecule has 0 spiro atoms. The second-order valence-corrected chi connectivity index (χ2v) is 6.94. The van der Waals surface area contributed by atoms with Gasteiger partial charge in [0, 0.05) is 38.0 Å². The number of carboxylic acids is 2. The molecule has 136 valence electrons. The van der Waals surface area contributed by atoms with Crippen LogP contribution in [0.3, 0.4) is 0 Å². The van der Waals surface area contributed by atoms with Crippen LogP contribution in [0.25, 0.3) is 0 Å². The number of hydrogen-bond acceptors (Lipinski definition) is 5. The van der Waals surface area contributed by atoms with Gasteiger partial charge in [0.15, 0.2) is 0 Å². The van der Waals surface area contributed by atoms with E-state index < -0.39 is 17.5 Å². The van der Waals surface area contributed by atoms with Crippen molar-refractivity contribution in [2.24, 2.45) is 0 Å². The summed E-state index contributed by atoms with van der Waals surface area (Å²) < 4.78 is 0. The van der Waals surface area contributed by atoms with E-state index in [0.717, 1.165) is 18.5 Å². The van der Waals surface area contributed by atoms with Crippen molar-refractivity contribution in [1.29, 1.82) is 0 Å². The van der Waals surface area contributed by atoms with Crippen LogP contribution in [0.4, 0.5) is 0 Å². The summed E-state index contributed by atoms with van der Waals surface area (Å²) in [5.74, 6) is -2.80. The molecule has 0 aliphatic carbocycles. The number of pyridine rings is 1. The van der Waals surface area contributed by atoms with Crippen molar-refractivity contribution < 1.29 is 29.8 Å². The highest BCUT2D eigenvalue weighted by molar-refractivity contribution is 6.30. The van der Waals surface area contributed by atoms with Crippen molar-refractivity contribution >= 4 is 23.5 Å². The summed E-state index contributed by atoms with van der Waals surface area (Å²) in [6.45, 7) is 0. The minimum atomic E-state index is -1.51. The van der Waals surface area contributed by atoms with Crippen molar-refractivity contribution in [3.63, 3.8) is 0 Å². The first-order chi connectivity index (χ1) is 11.7. The molecular weight excluding hydrogens is 348 g/mol. The molecule has 3 heterocycles. The summed E-state index contributed by atoms with van der Waals surface area (Å²) in [5.41, 5.74) is 0.0435. The topological polar surface area (TPSA) is 115 Å². The number of carboxylic acid groups (broad SMARTS) is 2. The number of fused-ring (bicyclic) bond motifs is 2. The Morgan fingerprint density at radius 1 is 1.32 bits per heavy atom. The van der Waals surface area contributed by atoms with Gasteiger partial charge < -0.3 is 25.0 Å². The number of aromatic nitrogens is 1. The lowest BCUT2D eigenvalue weighted by Gasteiger charge is -2.39. The number of aliphatic hydroxyl groups is 1. The van der Waals surface area contributed by atoms with Gasteiger partial charge in [-0.2, -0.15) is 0 Å². The Balaban J connectivity index is 0.000000242. The molecule has 2 fully saturated rings. The van der Waals surface area contributed by atoms with Crippen molar-refractivity contribution in [2.45, 2.75) is 43.4 Å². The zero-order chi connectivity index (χ0) is 18.6. The molecule has 0 amide bonds. The van der Waals surface area contributed by atoms with Gasteiger partial charge in [-0.3, -0.25) is 4.98 Å². The van der Waals surface area contributed by atoms with E-state index in [0.29, 0.717) is 29.3 Å². The van der Waals surface area contributed by atoms with Gasteiger partial charge >= 0.3 is 5.97 Å². The van der Waals surface area contributed by atoms with E-state index in [1.807, 2.05) is 12.1 Å². The Labute approximate surface area is 150 Å². The van der Waals surface area contributed by atoms with Crippen LogP contribution in [0.15, 0.2) is 30.5 Å². The molecule has 2 aliphatic rings. The highest BCUT2D eigenvalue weighted by atomic mass is 35.5. The Hall–Kier alpha value is -1.96. The van der Waals surface area contributed by atoms with Gasteiger partial charge in [0.25, 0.3) is 0 Å². The average molecular weight is 369 g/mol. The average Bonchev–Trinajstić information content (AvgIpc) is 2.77. The third-order valence-corrected chi connectivity index (χ3v) is 5.11. The minimum Gasteiger partial charge on any atom is -0.545 e. The molecule has 0 radical (unpaired) electrons. The second kappa shape index (κ2) is 7.95. The molecule has 25 heavy (non-hydrogen) atoms. The molecule has 1 aromatic rings. The smallest absolute Gasteiger partial charge is 0.328 e. The molecule has 2 saturated heterocycles. The first-order valence-corrected chi connectivity index (χ1v) is 8.39. The molecule has 0 aromatic carbocycles. The van der Waals surface area contributed by atoms with E-state index in [4.69, 9.17) is 16.7 Å². The fourth-order valence-electron chi connectivity index (χ4n) is 3.62. The molecule has 2 unspecified atom stereocenters. The molecule has 2 bridgehead atoms. The van der Waals surface area contributed by atoms with E-state index in [2.05, 4.69) is 12.0 Å². The van der Waals surface area contributed by atoms with Gasteiger partial charge in [-0.05, 0) is 18.2 Å². The summed E-state index contributed by atoms with van der Waals surface area (Å²) >= 11 is 5.84. The maximum Gasteiger partial charge on any atom is 0.328 e. The number of piperidine rings is 1. The molecule has 3 rings (SSSR count). The van der Waals surface area contributed by atoms with Crippen molar-refractivity contribution in [3.8, 4) is 0 Å². The second-order valence-electron chi connectivity index (χ2n) is 6.51. The van der Waals surface area contributed by atoms with Gasteiger partial charge in [-0.15, -0.1) is 0 Å². The van der Waals surface area contributed by atoms with Crippen molar-refractivity contribution in [3.05, 3.63) is 41.2 Å². The fourth-order valence-corrected chi connectivity index (χ4v) is 3.73. The highest BCUT2D eigenvalue weighted by Gasteiger charge is 2.50. The Morgan fingerprint density at radius 3 is 2.32 bits per heavy atom. The Morgan fingerprint density at radius 2 is 1.92 bits per heavy atom. The number of quaternary nitrogens is 1. The molecule has 2 aliphatic heterocycles. The number of carbonyl (C=O) groups excluding carboxylic acids is 1. The van der Waals surface area contributed by atoms with Crippen LogP contribution < -0.4 is 10.0 Å². The third kappa shape index (κ3) is 5.01. The zero-order valence-electron chi connectivity index (χ0n) is 13.8. The van der Waals surface area contributed by atoms with E-state index in [9.17, 15) is 19.8 Å². The van der Waals surface area contributed by atoms with Gasteiger partial charge in [-0.25, -0.2) is 4.79 Å². The maximum atomic E-state index is 10.8. The van der Waals surface area contributed by atoms with Gasteiger partial charge in [0.2, 0.25) is 0 Å². The lowest BCUT2D eigenvalue weighted by atomic mass is 9.83. The first kappa shape index (κ1) is 19.4. The monoisotopic (exact) mass is 368 g/mol. The number of carbonyl (C=O) groups is 2. The standard InChI is InChI=1S/C13H17ClN2O.C4H4O4/c1-16-10-3-4-11(16)7-13(17,6-10)12-5-2-9(14)8-15-12;5-3(6)1-2-4(7)8/h2,5,8,10-11,17H,3-4,6-7H2,1H3;1-2H,(H,5,6)(H,7,8)/b;2-1-/t10-,11+,13?;. The first-order valence-electron chi connectivity index (χ1n) is 8.01. The zero-order valence-corrected chi connectivity index (χ0v) is 14.6. The lowest BCUT2D eigenvalue weighted by molar-refractivity contribution is -0.925. The number of halogens is 1. The predicted octanol–water partition coefficient (Wildman–Crippen LogP) is -0.861. The normalized spacial score (nSPS) is 30.6. The van der Waals surface area contributed by atoms with Gasteiger partial charge in [0.05, 0.1) is 35.8 Å². The van der Waals surface area contributed by atoms with Crippen molar-refractivity contribution in [1.82, 2.24) is 4.98 Å². The van der Waals surface area contributed by atoms with Crippen LogP contribution in [-0.2, 0) is 15.2 Å². The van der Waals surface area contributed by atoms with E-state index in [1.165, 1.54) is 12.8 Å². The third-order valence-electron chi connectivity index (χ3n) is 4.89. The molecule has 4 atom stereocenters. The van der Waals surface area contributed by atoms with Crippen LogP contribution >= 0.6 is 11.6 Å². The van der Waals surface area contributed by atoms with Gasteiger partial charge in [0.1, 0.15) is 5.60 Å². The highest BCUT2D eigenvalue weighted by Crippen LogP contribution is 2.37. The lowest BCUT2D eigenvalue weighted by Crippen LogP contribution is -3.15. The van der Waals surface area contributed by atoms with Crippen LogP contribution in [0.2, 0.25) is 5.02 Å². The largest absolute Gasteiger partial charge is 0.545 e. The van der Waals surface area contributed by atoms with E-state index >= 15 is 0 Å². The summed E-state index contributed by atoms with van der Waals surface area (Å²) in [6, 6.07) is 4.84. The molecule has 8 heteroatoms. The molecular formula is C17H21ClN2O5. The van der Waals surface area contributed by atoms with E-state index in [-0.39, 0.29) is 0 Å². The Bertz CT molecular complexity index is 632. The van der Waals surface area contributed by atoms with Crippen LogP contribution in [0, 0.1) is 0 Å². The number of nitrogens with one attached hydrogen (secondary N) is 1. The van der Waals surface area contributed by atoms with Gasteiger partial charge in [-0.1, -0.05) is 11.6 Å². The Kier molecular flexibility index (Phi) is 6.16. The molecule has 1 aromatic heterocycles. The molecule has 3 N–H and O–H groups in total. The van der Waals surface area contributed by atoms with Crippen molar-refractivity contribution in [2.75, 3.05) is 7.05 Å². The number of aliphatic carboxylic acids is 2.